The molecule has 1 N–H and O–H groups in total. The second-order valence-electron chi connectivity index (χ2n) is 18.5. The number of fused-ring (bicyclic) bond motifs is 6. The molecule has 0 atom stereocenters. The first-order valence-corrected chi connectivity index (χ1v) is 24.5. The Kier molecular flexibility index (Phi) is 11.6. The van der Waals surface area contributed by atoms with Gasteiger partial charge in [0.1, 0.15) is 0 Å². The van der Waals surface area contributed by atoms with Crippen LogP contribution in [0.25, 0.3) is 122 Å². The highest BCUT2D eigenvalue weighted by atomic mass is 16.3. The minimum atomic E-state index is -0.103. The van der Waals surface area contributed by atoms with Crippen molar-refractivity contribution in [1.29, 1.82) is 0 Å². The lowest BCUT2D eigenvalue weighted by molar-refractivity contribution is -0.114. The molecular weight excluding hydrogens is 877 g/mol. The van der Waals surface area contributed by atoms with Crippen LogP contribution in [-0.2, 0) is 11.2 Å². The molecule has 342 valence electrons. The number of nitrogens with zero attached hydrogens (tertiary/aromatic N) is 2. The number of carbonyl (C=O) groups is 1. The van der Waals surface area contributed by atoms with Crippen LogP contribution in [-0.4, -0.2) is 20.9 Å². The summed E-state index contributed by atoms with van der Waals surface area (Å²) in [6.45, 7) is 1.53. The highest BCUT2D eigenvalue weighted by molar-refractivity contribution is 6.12. The predicted molar refractivity (Wildman–Crippen MR) is 300 cm³/mol. The van der Waals surface area contributed by atoms with Gasteiger partial charge in [0, 0.05) is 45.2 Å². The molecule has 0 aliphatic carbocycles. The molecule has 0 spiro atoms. The number of rotatable bonds is 11. The Bertz CT molecular complexity index is 3850. The molecule has 0 saturated carbocycles. The summed E-state index contributed by atoms with van der Waals surface area (Å²) in [6, 6.07) is 84.0. The topological polar surface area (TPSA) is 63.1 Å². The van der Waals surface area contributed by atoms with Gasteiger partial charge in [0.05, 0.1) is 28.2 Å². The van der Waals surface area contributed by atoms with Crippen molar-refractivity contribution in [3.05, 3.63) is 254 Å². The predicted octanol–water partition coefficient (Wildman–Crippen LogP) is 17.7. The smallest absolute Gasteiger partial charge is 0.159 e. The van der Waals surface area contributed by atoms with Gasteiger partial charge in [-0.25, -0.2) is 9.97 Å². The fourth-order valence-corrected chi connectivity index (χ4v) is 10.5. The molecule has 0 aliphatic heterocycles. The summed E-state index contributed by atoms with van der Waals surface area (Å²) in [7, 11) is 0. The number of aryl methyl sites for hydroxylation is 1. The number of aliphatic hydroxyl groups excluding tert-OH is 1. The number of aromatic nitrogens is 2. The average Bonchev–Trinajstić information content (AvgIpc) is 3.44. The maximum atomic E-state index is 12.9. The van der Waals surface area contributed by atoms with E-state index in [0.29, 0.717) is 6.42 Å². The van der Waals surface area contributed by atoms with Gasteiger partial charge in [0.25, 0.3) is 0 Å². The zero-order chi connectivity index (χ0) is 48.5. The van der Waals surface area contributed by atoms with Crippen molar-refractivity contribution in [2.75, 3.05) is 0 Å². The van der Waals surface area contributed by atoms with Gasteiger partial charge in [-0.05, 0) is 116 Å². The molecule has 12 aromatic rings. The molecule has 2 aromatic heterocycles. The first-order chi connectivity index (χ1) is 35.4. The number of allylic oxidation sites excluding steroid dienone is 2. The van der Waals surface area contributed by atoms with Crippen molar-refractivity contribution < 1.29 is 9.90 Å². The van der Waals surface area contributed by atoms with Crippen LogP contribution in [0.3, 0.4) is 0 Å². The molecule has 72 heavy (non-hydrogen) atoms. The molecule has 0 fully saturated rings. The van der Waals surface area contributed by atoms with E-state index in [2.05, 4.69) is 218 Å². The van der Waals surface area contributed by atoms with E-state index in [4.69, 9.17) is 9.97 Å². The Balaban J connectivity index is 0.971. The maximum Gasteiger partial charge on any atom is 0.159 e. The molecule has 10 aromatic carbocycles. The highest BCUT2D eigenvalue weighted by Crippen LogP contribution is 2.42. The number of aliphatic hydroxyl groups is 1. The van der Waals surface area contributed by atoms with Gasteiger partial charge in [0.2, 0.25) is 0 Å². The summed E-state index contributed by atoms with van der Waals surface area (Å²) in [6.07, 6.45) is 2.14. The summed E-state index contributed by atoms with van der Waals surface area (Å²) < 4.78 is 0. The molecule has 0 aliphatic rings. The number of pyridine rings is 2. The van der Waals surface area contributed by atoms with Crippen LogP contribution in [0.15, 0.2) is 248 Å². The van der Waals surface area contributed by atoms with Crippen LogP contribution in [0.2, 0.25) is 0 Å². The Labute approximate surface area is 418 Å². The van der Waals surface area contributed by atoms with Gasteiger partial charge in [-0.15, -0.1) is 0 Å². The summed E-state index contributed by atoms with van der Waals surface area (Å²) in [5.41, 5.74) is 18.0. The monoisotopic (exact) mass is 924 g/mol. The maximum absolute atomic E-state index is 12.9. The molecule has 0 unspecified atom stereocenters. The van der Waals surface area contributed by atoms with Gasteiger partial charge in [0.15, 0.2) is 5.78 Å². The van der Waals surface area contributed by atoms with Crippen molar-refractivity contribution in [2.24, 2.45) is 0 Å². The van der Waals surface area contributed by atoms with E-state index < -0.39 is 0 Å². The standard InChI is InChI=1S/C68H48N2O2/c1-44(71)40-53(72)39-38-45-16-2-3-17-54(45)50-41-51(57-20-6-4-18-55(57)46-30-34-48(35-31-46)67-63-26-10-8-22-59(63)61-24-12-14-28-65(61)69-67)43-52(42-50)58-21-7-5-19-56(58)47-32-36-49(37-33-47)68-64-27-11-9-23-60(64)62-25-13-15-29-66(62)70-68/h2-37,40-43,71H,38-39H2,1H3. The zero-order valence-corrected chi connectivity index (χ0v) is 39.8. The van der Waals surface area contributed by atoms with Crippen molar-refractivity contribution in [3.63, 3.8) is 0 Å². The Morgan fingerprint density at radius 2 is 0.708 bits per heavy atom. The molecule has 0 radical (unpaired) electrons. The second kappa shape index (κ2) is 18.9. The first kappa shape index (κ1) is 44.0. The van der Waals surface area contributed by atoms with Crippen molar-refractivity contribution >= 4 is 49.1 Å². The van der Waals surface area contributed by atoms with Gasteiger partial charge in [-0.2, -0.15) is 0 Å². The molecule has 0 saturated heterocycles. The van der Waals surface area contributed by atoms with E-state index in [9.17, 15) is 9.90 Å². The first-order valence-electron chi connectivity index (χ1n) is 24.5. The third kappa shape index (κ3) is 8.39. The van der Waals surface area contributed by atoms with E-state index in [-0.39, 0.29) is 18.0 Å². The molecule has 0 bridgehead atoms. The normalized spacial score (nSPS) is 11.7. The minimum absolute atomic E-state index is 0.0185. The summed E-state index contributed by atoms with van der Waals surface area (Å²) in [4.78, 5) is 23.3. The number of para-hydroxylation sites is 2. The summed E-state index contributed by atoms with van der Waals surface area (Å²) >= 11 is 0. The van der Waals surface area contributed by atoms with Crippen LogP contribution in [0.4, 0.5) is 0 Å². The Morgan fingerprint density at radius 3 is 1.15 bits per heavy atom. The SMILES string of the molecule is CC(O)=CC(=O)CCc1ccccc1-c1cc(-c2ccccc2-c2ccc(-c3nc4ccccc4c4ccccc34)cc2)cc(-c2ccccc2-c2ccc(-c3nc4ccccc4c4ccccc34)cc2)c1. The second-order valence-corrected chi connectivity index (χ2v) is 18.5. The average molecular weight is 925 g/mol. The highest BCUT2D eigenvalue weighted by Gasteiger charge is 2.18. The summed E-state index contributed by atoms with van der Waals surface area (Å²) in [5, 5.41) is 16.8. The third-order valence-corrected chi connectivity index (χ3v) is 13.9. The number of benzene rings is 10. The quantitative estimate of drug-likeness (QED) is 0.0797. The number of hydrogen-bond acceptors (Lipinski definition) is 4. The molecule has 2 heterocycles. The minimum Gasteiger partial charge on any atom is -0.512 e. The van der Waals surface area contributed by atoms with Crippen LogP contribution in [0, 0.1) is 0 Å². The van der Waals surface area contributed by atoms with Crippen LogP contribution >= 0.6 is 0 Å². The van der Waals surface area contributed by atoms with Crippen LogP contribution in [0.5, 0.6) is 0 Å². The van der Waals surface area contributed by atoms with Crippen molar-refractivity contribution in [2.45, 2.75) is 19.8 Å². The van der Waals surface area contributed by atoms with Gasteiger partial charge < -0.3 is 5.11 Å². The van der Waals surface area contributed by atoms with Gasteiger partial charge in [-0.1, -0.05) is 206 Å². The van der Waals surface area contributed by atoms with Crippen molar-refractivity contribution in [1.82, 2.24) is 9.97 Å². The fraction of sp³-hybridized carbons (Fsp3) is 0.0441. The van der Waals surface area contributed by atoms with Crippen molar-refractivity contribution in [3.8, 4) is 78.1 Å². The number of ketones is 1. The molecule has 4 nitrogen and oxygen atoms in total. The van der Waals surface area contributed by atoms with E-state index in [1.54, 1.807) is 0 Å². The Morgan fingerprint density at radius 1 is 0.375 bits per heavy atom. The fourth-order valence-electron chi connectivity index (χ4n) is 10.5. The van der Waals surface area contributed by atoms with E-state index in [1.807, 2.05) is 18.2 Å². The largest absolute Gasteiger partial charge is 0.512 e. The van der Waals surface area contributed by atoms with E-state index in [0.717, 1.165) is 116 Å². The molecule has 0 amide bonds. The lowest BCUT2D eigenvalue weighted by atomic mass is 9.86. The number of carbonyl (C=O) groups excluding carboxylic acids is 1. The lowest BCUT2D eigenvalue weighted by Crippen LogP contribution is -1.99. The summed E-state index contributed by atoms with van der Waals surface area (Å²) in [5.74, 6) is -0.0850. The van der Waals surface area contributed by atoms with Crippen LogP contribution in [0.1, 0.15) is 18.9 Å². The zero-order valence-electron chi connectivity index (χ0n) is 39.8. The number of hydrogen-bond donors (Lipinski definition) is 1. The lowest BCUT2D eigenvalue weighted by Gasteiger charge is -2.18. The molecule has 12 rings (SSSR count). The van der Waals surface area contributed by atoms with Gasteiger partial charge in [-0.3, -0.25) is 4.79 Å². The third-order valence-electron chi connectivity index (χ3n) is 13.9. The van der Waals surface area contributed by atoms with Gasteiger partial charge >= 0.3 is 0 Å². The molecule has 4 heteroatoms. The van der Waals surface area contributed by atoms with Crippen LogP contribution < -0.4 is 0 Å². The molecular formula is C68H48N2O2. The van der Waals surface area contributed by atoms with E-state index >= 15 is 0 Å². The van der Waals surface area contributed by atoms with E-state index in [1.165, 1.54) is 23.8 Å². The Hall–Kier alpha value is -9.25.